The van der Waals surface area contributed by atoms with Gasteiger partial charge in [-0.1, -0.05) is 29.8 Å². The molecule has 4 rings (SSSR count). The Morgan fingerprint density at radius 2 is 1.85 bits per heavy atom. The van der Waals surface area contributed by atoms with Crippen LogP contribution < -0.4 is 10.2 Å². The molecular formula is C21H21N5. The van der Waals surface area contributed by atoms with Gasteiger partial charge in [-0.3, -0.25) is 4.40 Å². The van der Waals surface area contributed by atoms with Crippen molar-refractivity contribution in [1.82, 2.24) is 14.4 Å². The minimum absolute atomic E-state index is 0.738. The van der Waals surface area contributed by atoms with Gasteiger partial charge in [-0.25, -0.2) is 9.97 Å². The van der Waals surface area contributed by atoms with Crippen LogP contribution in [0.1, 0.15) is 5.56 Å². The lowest BCUT2D eigenvalue weighted by Crippen LogP contribution is -2.08. The molecule has 0 atom stereocenters. The largest absolute Gasteiger partial charge is 0.378 e. The monoisotopic (exact) mass is 343 g/mol. The molecule has 130 valence electrons. The third kappa shape index (κ3) is 2.99. The van der Waals surface area contributed by atoms with Crippen LogP contribution in [0.3, 0.4) is 0 Å². The average Bonchev–Trinajstić information content (AvgIpc) is 3.07. The summed E-state index contributed by atoms with van der Waals surface area (Å²) in [6.45, 7) is 2.10. The standard InChI is InChI=1S/C21H21N5/c1-15-6-4-7-16(12-15)19-14-23-21-20(22-10-11-26(19)21)24-17-8-5-9-18(13-17)25(2)3/h4-14H,1-3H3,(H,22,24). The quantitative estimate of drug-likeness (QED) is 0.592. The molecule has 26 heavy (non-hydrogen) atoms. The summed E-state index contributed by atoms with van der Waals surface area (Å²) in [5.41, 5.74) is 6.34. The van der Waals surface area contributed by atoms with Crippen LogP contribution in [0, 0.1) is 6.92 Å². The van der Waals surface area contributed by atoms with E-state index in [1.54, 1.807) is 6.20 Å². The van der Waals surface area contributed by atoms with E-state index >= 15 is 0 Å². The number of rotatable bonds is 4. The second-order valence-corrected chi connectivity index (χ2v) is 6.55. The van der Waals surface area contributed by atoms with E-state index < -0.39 is 0 Å². The molecule has 5 nitrogen and oxygen atoms in total. The lowest BCUT2D eigenvalue weighted by Gasteiger charge is -2.14. The van der Waals surface area contributed by atoms with Crippen molar-refractivity contribution in [2.45, 2.75) is 6.92 Å². The van der Waals surface area contributed by atoms with Crippen molar-refractivity contribution in [3.8, 4) is 11.3 Å². The maximum atomic E-state index is 4.61. The van der Waals surface area contributed by atoms with E-state index in [0.29, 0.717) is 0 Å². The first-order valence-electron chi connectivity index (χ1n) is 8.55. The highest BCUT2D eigenvalue weighted by Crippen LogP contribution is 2.26. The van der Waals surface area contributed by atoms with Gasteiger partial charge < -0.3 is 10.2 Å². The fourth-order valence-corrected chi connectivity index (χ4v) is 3.02. The van der Waals surface area contributed by atoms with Gasteiger partial charge in [0.25, 0.3) is 0 Å². The van der Waals surface area contributed by atoms with Gasteiger partial charge in [0.05, 0.1) is 11.9 Å². The first-order valence-corrected chi connectivity index (χ1v) is 8.55. The Hall–Kier alpha value is -3.34. The molecule has 0 bridgehead atoms. The minimum Gasteiger partial charge on any atom is -0.378 e. The summed E-state index contributed by atoms with van der Waals surface area (Å²) in [5.74, 6) is 0.738. The van der Waals surface area contributed by atoms with Crippen LogP contribution in [0.2, 0.25) is 0 Å². The summed E-state index contributed by atoms with van der Waals surface area (Å²) in [6, 6.07) is 16.7. The molecule has 0 unspecified atom stereocenters. The Morgan fingerprint density at radius 3 is 2.65 bits per heavy atom. The van der Waals surface area contributed by atoms with Crippen LogP contribution in [0.25, 0.3) is 16.9 Å². The SMILES string of the molecule is Cc1cccc(-c2cnc3c(Nc4cccc(N(C)C)c4)nccn23)c1. The highest BCUT2D eigenvalue weighted by molar-refractivity contribution is 5.75. The van der Waals surface area contributed by atoms with Crippen molar-refractivity contribution >= 4 is 22.8 Å². The van der Waals surface area contributed by atoms with Gasteiger partial charge in [0, 0.05) is 43.4 Å². The van der Waals surface area contributed by atoms with Crippen LogP contribution in [-0.2, 0) is 0 Å². The number of fused-ring (bicyclic) bond motifs is 1. The Bertz CT molecular complexity index is 1060. The predicted molar refractivity (Wildman–Crippen MR) is 107 cm³/mol. The molecule has 1 N–H and O–H groups in total. The molecule has 0 aliphatic heterocycles. The lowest BCUT2D eigenvalue weighted by atomic mass is 10.1. The molecule has 0 spiro atoms. The molecule has 0 aliphatic rings. The van der Waals surface area contributed by atoms with E-state index in [4.69, 9.17) is 0 Å². The van der Waals surface area contributed by atoms with Gasteiger partial charge in [0.15, 0.2) is 11.5 Å². The average molecular weight is 343 g/mol. The molecule has 0 fully saturated rings. The number of benzene rings is 2. The van der Waals surface area contributed by atoms with E-state index in [-0.39, 0.29) is 0 Å². The number of aromatic nitrogens is 3. The number of hydrogen-bond donors (Lipinski definition) is 1. The fraction of sp³-hybridized carbons (Fsp3) is 0.143. The molecule has 0 radical (unpaired) electrons. The lowest BCUT2D eigenvalue weighted by molar-refractivity contribution is 1.12. The molecule has 4 aromatic rings. The van der Waals surface area contributed by atoms with Gasteiger partial charge in [-0.2, -0.15) is 0 Å². The van der Waals surface area contributed by atoms with Crippen molar-refractivity contribution in [3.63, 3.8) is 0 Å². The summed E-state index contributed by atoms with van der Waals surface area (Å²) in [5, 5.41) is 3.40. The molecule has 2 heterocycles. The van der Waals surface area contributed by atoms with E-state index in [1.165, 1.54) is 5.56 Å². The Balaban J connectivity index is 1.75. The van der Waals surface area contributed by atoms with Gasteiger partial charge in [0.1, 0.15) is 0 Å². The molecule has 0 amide bonds. The zero-order valence-electron chi connectivity index (χ0n) is 15.1. The summed E-state index contributed by atoms with van der Waals surface area (Å²) >= 11 is 0. The van der Waals surface area contributed by atoms with Crippen molar-refractivity contribution in [3.05, 3.63) is 72.7 Å². The Morgan fingerprint density at radius 1 is 1.00 bits per heavy atom. The van der Waals surface area contributed by atoms with E-state index in [9.17, 15) is 0 Å². The first kappa shape index (κ1) is 16.1. The third-order valence-corrected chi connectivity index (χ3v) is 4.37. The number of imidazole rings is 1. The van der Waals surface area contributed by atoms with E-state index in [2.05, 4.69) is 67.9 Å². The highest BCUT2D eigenvalue weighted by atomic mass is 15.1. The zero-order chi connectivity index (χ0) is 18.1. The number of nitrogens with one attached hydrogen (secondary N) is 1. The fourth-order valence-electron chi connectivity index (χ4n) is 3.02. The van der Waals surface area contributed by atoms with E-state index in [0.717, 1.165) is 34.1 Å². The van der Waals surface area contributed by atoms with Gasteiger partial charge in [0.2, 0.25) is 0 Å². The Kier molecular flexibility index (Phi) is 4.05. The summed E-state index contributed by atoms with van der Waals surface area (Å²) in [7, 11) is 4.06. The molecule has 2 aromatic carbocycles. The number of hydrogen-bond acceptors (Lipinski definition) is 4. The van der Waals surface area contributed by atoms with Crippen LogP contribution >= 0.6 is 0 Å². The second-order valence-electron chi connectivity index (χ2n) is 6.55. The molecule has 0 aliphatic carbocycles. The maximum absolute atomic E-state index is 4.61. The van der Waals surface area contributed by atoms with Gasteiger partial charge in [-0.15, -0.1) is 0 Å². The van der Waals surface area contributed by atoms with Crippen molar-refractivity contribution in [2.24, 2.45) is 0 Å². The van der Waals surface area contributed by atoms with Crippen molar-refractivity contribution < 1.29 is 0 Å². The van der Waals surface area contributed by atoms with Gasteiger partial charge in [-0.05, 0) is 31.2 Å². The number of aryl methyl sites for hydroxylation is 1. The second kappa shape index (κ2) is 6.52. The number of nitrogens with zero attached hydrogens (tertiary/aromatic N) is 4. The third-order valence-electron chi connectivity index (χ3n) is 4.37. The molecule has 0 saturated heterocycles. The van der Waals surface area contributed by atoms with Crippen LogP contribution in [-0.4, -0.2) is 28.5 Å². The maximum Gasteiger partial charge on any atom is 0.180 e. The Labute approximate surface area is 153 Å². The normalized spacial score (nSPS) is 10.9. The van der Waals surface area contributed by atoms with Gasteiger partial charge >= 0.3 is 0 Å². The summed E-state index contributed by atoms with van der Waals surface area (Å²) < 4.78 is 2.07. The van der Waals surface area contributed by atoms with Crippen molar-refractivity contribution in [1.29, 1.82) is 0 Å². The topological polar surface area (TPSA) is 45.5 Å². The van der Waals surface area contributed by atoms with E-state index in [1.807, 2.05) is 38.6 Å². The van der Waals surface area contributed by atoms with Crippen LogP contribution in [0.15, 0.2) is 67.1 Å². The minimum atomic E-state index is 0.738. The van der Waals surface area contributed by atoms with Crippen LogP contribution in [0.5, 0.6) is 0 Å². The smallest absolute Gasteiger partial charge is 0.180 e. The molecule has 5 heteroatoms. The molecular weight excluding hydrogens is 322 g/mol. The molecule has 0 saturated carbocycles. The number of anilines is 3. The summed E-state index contributed by atoms with van der Waals surface area (Å²) in [4.78, 5) is 11.2. The highest BCUT2D eigenvalue weighted by Gasteiger charge is 2.11. The van der Waals surface area contributed by atoms with Crippen LogP contribution in [0.4, 0.5) is 17.2 Å². The zero-order valence-corrected chi connectivity index (χ0v) is 15.1. The van der Waals surface area contributed by atoms with Crippen molar-refractivity contribution in [2.75, 3.05) is 24.3 Å². The predicted octanol–water partition coefficient (Wildman–Crippen LogP) is 4.51. The molecule has 2 aromatic heterocycles. The first-order chi connectivity index (χ1) is 12.6. The summed E-state index contributed by atoms with van der Waals surface area (Å²) in [6.07, 6.45) is 5.64.